The van der Waals surface area contributed by atoms with Crippen molar-refractivity contribution in [2.75, 3.05) is 24.6 Å². The number of anilines is 1. The summed E-state index contributed by atoms with van der Waals surface area (Å²) in [7, 11) is 0. The van der Waals surface area contributed by atoms with Crippen molar-refractivity contribution in [1.29, 1.82) is 0 Å². The highest BCUT2D eigenvalue weighted by molar-refractivity contribution is 5.39. The third-order valence-electron chi connectivity index (χ3n) is 4.33. The van der Waals surface area contributed by atoms with Crippen LogP contribution >= 0.6 is 0 Å². The Hall–Kier alpha value is -1.20. The summed E-state index contributed by atoms with van der Waals surface area (Å²) in [6, 6.07) is 0.498. The lowest BCUT2D eigenvalue weighted by Gasteiger charge is -2.38. The predicted molar refractivity (Wildman–Crippen MR) is 83.3 cm³/mol. The minimum absolute atomic E-state index is 0.396. The lowest BCUT2D eigenvalue weighted by molar-refractivity contribution is 0.0253. The molecule has 1 aromatic heterocycles. The van der Waals surface area contributed by atoms with Crippen LogP contribution in [-0.4, -0.2) is 41.8 Å². The summed E-state index contributed by atoms with van der Waals surface area (Å²) in [5.41, 5.74) is 1.01. The summed E-state index contributed by atoms with van der Waals surface area (Å²) in [6.45, 7) is 7.95. The third-order valence-corrected chi connectivity index (χ3v) is 4.33. The van der Waals surface area contributed by atoms with Crippen molar-refractivity contribution in [1.82, 2.24) is 15.3 Å². The van der Waals surface area contributed by atoms with Crippen LogP contribution in [0.25, 0.3) is 0 Å². The van der Waals surface area contributed by atoms with Crippen LogP contribution in [0.3, 0.4) is 0 Å². The number of fused-ring (bicyclic) bond motifs is 1. The maximum atomic E-state index is 5.85. The number of morpholine rings is 1. The molecule has 2 fully saturated rings. The van der Waals surface area contributed by atoms with Gasteiger partial charge < -0.3 is 15.0 Å². The van der Waals surface area contributed by atoms with Crippen LogP contribution < -0.4 is 10.2 Å². The van der Waals surface area contributed by atoms with Gasteiger partial charge in [-0.1, -0.05) is 13.8 Å². The molecule has 0 bridgehead atoms. The van der Waals surface area contributed by atoms with Crippen LogP contribution in [0, 0.1) is 5.92 Å². The zero-order valence-corrected chi connectivity index (χ0v) is 13.1. The SMILES string of the molecule is CC(C)CNCc1cnc(N2CCOC3CCCC32)cn1. The van der Waals surface area contributed by atoms with Crippen molar-refractivity contribution in [2.45, 2.75) is 51.8 Å². The molecule has 2 heterocycles. The summed E-state index contributed by atoms with van der Waals surface area (Å²) in [4.78, 5) is 11.6. The van der Waals surface area contributed by atoms with Gasteiger partial charge in [0.05, 0.1) is 36.8 Å². The Bertz CT molecular complexity index is 448. The fraction of sp³-hybridized carbons (Fsp3) is 0.750. The van der Waals surface area contributed by atoms with E-state index in [1.165, 1.54) is 19.3 Å². The first-order chi connectivity index (χ1) is 10.2. The average Bonchev–Trinajstić information content (AvgIpc) is 2.96. The molecule has 1 N–H and O–H groups in total. The van der Waals surface area contributed by atoms with Crippen molar-refractivity contribution in [3.8, 4) is 0 Å². The molecule has 0 spiro atoms. The number of hydrogen-bond acceptors (Lipinski definition) is 5. The third kappa shape index (κ3) is 3.52. The summed E-state index contributed by atoms with van der Waals surface area (Å²) in [5.74, 6) is 1.66. The van der Waals surface area contributed by atoms with Gasteiger partial charge >= 0.3 is 0 Å². The van der Waals surface area contributed by atoms with E-state index < -0.39 is 0 Å². The topological polar surface area (TPSA) is 50.3 Å². The number of rotatable bonds is 5. The minimum Gasteiger partial charge on any atom is -0.374 e. The smallest absolute Gasteiger partial charge is 0.147 e. The van der Waals surface area contributed by atoms with E-state index in [0.717, 1.165) is 37.8 Å². The monoisotopic (exact) mass is 290 g/mol. The fourth-order valence-corrected chi connectivity index (χ4v) is 3.29. The molecule has 1 saturated heterocycles. The van der Waals surface area contributed by atoms with Gasteiger partial charge in [0.1, 0.15) is 5.82 Å². The summed E-state index contributed by atoms with van der Waals surface area (Å²) < 4.78 is 5.85. The van der Waals surface area contributed by atoms with Gasteiger partial charge in [0.15, 0.2) is 0 Å². The van der Waals surface area contributed by atoms with Gasteiger partial charge in [-0.15, -0.1) is 0 Å². The van der Waals surface area contributed by atoms with Crippen molar-refractivity contribution in [2.24, 2.45) is 5.92 Å². The quantitative estimate of drug-likeness (QED) is 0.898. The summed E-state index contributed by atoms with van der Waals surface area (Å²) in [5, 5.41) is 3.40. The first-order valence-electron chi connectivity index (χ1n) is 8.14. The first-order valence-corrected chi connectivity index (χ1v) is 8.14. The molecule has 1 saturated carbocycles. The number of aromatic nitrogens is 2. The fourth-order valence-electron chi connectivity index (χ4n) is 3.29. The van der Waals surface area contributed by atoms with Crippen molar-refractivity contribution >= 4 is 5.82 Å². The Morgan fingerprint density at radius 2 is 2.24 bits per heavy atom. The highest BCUT2D eigenvalue weighted by atomic mass is 16.5. The van der Waals surface area contributed by atoms with Crippen LogP contribution in [0.5, 0.6) is 0 Å². The van der Waals surface area contributed by atoms with Gasteiger partial charge in [-0.3, -0.25) is 4.98 Å². The van der Waals surface area contributed by atoms with E-state index in [4.69, 9.17) is 4.74 Å². The molecule has 5 nitrogen and oxygen atoms in total. The van der Waals surface area contributed by atoms with E-state index in [9.17, 15) is 0 Å². The van der Waals surface area contributed by atoms with E-state index in [1.54, 1.807) is 0 Å². The maximum Gasteiger partial charge on any atom is 0.147 e. The molecule has 116 valence electrons. The van der Waals surface area contributed by atoms with Gasteiger partial charge in [-0.2, -0.15) is 0 Å². The van der Waals surface area contributed by atoms with Crippen LogP contribution in [0.1, 0.15) is 38.8 Å². The zero-order valence-electron chi connectivity index (χ0n) is 13.1. The Balaban J connectivity index is 1.61. The lowest BCUT2D eigenvalue weighted by atomic mass is 10.1. The lowest BCUT2D eigenvalue weighted by Crippen LogP contribution is -2.49. The van der Waals surface area contributed by atoms with Gasteiger partial charge in [0, 0.05) is 13.1 Å². The zero-order chi connectivity index (χ0) is 14.7. The average molecular weight is 290 g/mol. The molecule has 3 rings (SSSR count). The molecule has 2 aliphatic rings. The van der Waals surface area contributed by atoms with Crippen molar-refractivity contribution in [3.05, 3.63) is 18.1 Å². The maximum absolute atomic E-state index is 5.85. The second-order valence-electron chi connectivity index (χ2n) is 6.49. The number of hydrogen-bond donors (Lipinski definition) is 1. The van der Waals surface area contributed by atoms with Gasteiger partial charge in [0.2, 0.25) is 0 Å². The molecule has 5 heteroatoms. The largest absolute Gasteiger partial charge is 0.374 e. The van der Waals surface area contributed by atoms with E-state index in [0.29, 0.717) is 18.1 Å². The van der Waals surface area contributed by atoms with E-state index in [-0.39, 0.29) is 0 Å². The molecular weight excluding hydrogens is 264 g/mol. The molecule has 1 aliphatic carbocycles. The number of nitrogens with one attached hydrogen (secondary N) is 1. The Morgan fingerprint density at radius 1 is 1.33 bits per heavy atom. The normalized spacial score (nSPS) is 25.4. The molecule has 0 aromatic carbocycles. The number of ether oxygens (including phenoxy) is 1. The summed E-state index contributed by atoms with van der Waals surface area (Å²) in [6.07, 6.45) is 7.88. The molecule has 2 unspecified atom stereocenters. The Morgan fingerprint density at radius 3 is 3.00 bits per heavy atom. The van der Waals surface area contributed by atoms with Gasteiger partial charge in [-0.05, 0) is 31.7 Å². The molecule has 1 aliphatic heterocycles. The van der Waals surface area contributed by atoms with Crippen LogP contribution in [0.4, 0.5) is 5.82 Å². The molecule has 0 amide bonds. The van der Waals surface area contributed by atoms with Crippen molar-refractivity contribution in [3.63, 3.8) is 0 Å². The Kier molecular flexibility index (Phi) is 4.70. The molecular formula is C16H26N4O. The van der Waals surface area contributed by atoms with Gasteiger partial charge in [0.25, 0.3) is 0 Å². The van der Waals surface area contributed by atoms with Crippen LogP contribution in [0.15, 0.2) is 12.4 Å². The van der Waals surface area contributed by atoms with Crippen molar-refractivity contribution < 1.29 is 4.74 Å². The Labute approximate surface area is 127 Å². The number of nitrogens with zero attached hydrogens (tertiary/aromatic N) is 3. The second-order valence-corrected chi connectivity index (χ2v) is 6.49. The molecule has 21 heavy (non-hydrogen) atoms. The highest BCUT2D eigenvalue weighted by Gasteiger charge is 2.36. The highest BCUT2D eigenvalue weighted by Crippen LogP contribution is 2.31. The molecule has 1 aromatic rings. The van der Waals surface area contributed by atoms with E-state index in [2.05, 4.69) is 34.0 Å². The summed E-state index contributed by atoms with van der Waals surface area (Å²) >= 11 is 0. The standard InChI is InChI=1S/C16H26N4O/c1-12(2)8-17-9-13-10-19-16(11-18-13)20-6-7-21-15-5-3-4-14(15)20/h10-12,14-15,17H,3-9H2,1-2H3. The van der Waals surface area contributed by atoms with Gasteiger partial charge in [-0.25, -0.2) is 4.98 Å². The molecule has 0 radical (unpaired) electrons. The van der Waals surface area contributed by atoms with Crippen LogP contribution in [-0.2, 0) is 11.3 Å². The van der Waals surface area contributed by atoms with E-state index >= 15 is 0 Å². The first kappa shape index (κ1) is 14.7. The second kappa shape index (κ2) is 6.71. The molecule has 2 atom stereocenters. The van der Waals surface area contributed by atoms with Crippen LogP contribution in [0.2, 0.25) is 0 Å². The van der Waals surface area contributed by atoms with E-state index in [1.807, 2.05) is 12.4 Å². The minimum atomic E-state index is 0.396. The predicted octanol–water partition coefficient (Wildman–Crippen LogP) is 1.98.